The van der Waals surface area contributed by atoms with Gasteiger partial charge in [-0.25, -0.2) is 0 Å². The van der Waals surface area contributed by atoms with E-state index in [0.29, 0.717) is 29.6 Å². The van der Waals surface area contributed by atoms with E-state index in [1.165, 1.54) is 25.7 Å². The van der Waals surface area contributed by atoms with Gasteiger partial charge in [0.25, 0.3) is 0 Å². The fraction of sp³-hybridized carbons (Fsp3) is 0.667. The Morgan fingerprint density at radius 3 is 2.71 bits per heavy atom. The van der Waals surface area contributed by atoms with Crippen LogP contribution in [-0.4, -0.2) is 21.3 Å². The Balaban J connectivity index is 1.38. The molecule has 0 bridgehead atoms. The zero-order valence-electron chi connectivity index (χ0n) is 12.0. The second kappa shape index (κ2) is 4.94. The van der Waals surface area contributed by atoms with Gasteiger partial charge in [-0.1, -0.05) is 10.3 Å². The van der Waals surface area contributed by atoms with Crippen molar-refractivity contribution in [3.8, 4) is 0 Å². The molecule has 0 amide bonds. The van der Waals surface area contributed by atoms with Gasteiger partial charge in [-0.3, -0.25) is 0 Å². The quantitative estimate of drug-likeness (QED) is 0.932. The molecule has 2 fully saturated rings. The molecule has 2 saturated carbocycles. The van der Waals surface area contributed by atoms with E-state index in [0.717, 1.165) is 24.5 Å². The largest absolute Gasteiger partial charge is 0.361 e. The minimum absolute atomic E-state index is 0.406. The van der Waals surface area contributed by atoms with Crippen LogP contribution in [0.15, 0.2) is 21.3 Å². The summed E-state index contributed by atoms with van der Waals surface area (Å²) >= 11 is 0. The molecule has 0 radical (unpaired) electrons. The zero-order chi connectivity index (χ0) is 14.3. The van der Waals surface area contributed by atoms with Crippen molar-refractivity contribution in [2.45, 2.75) is 56.9 Å². The predicted molar refractivity (Wildman–Crippen MR) is 74.5 cm³/mol. The van der Waals surface area contributed by atoms with Gasteiger partial charge >= 0.3 is 0 Å². The SMILES string of the molecule is NC1CC2(CCC(c3nc(Cc4ccno4)no3)CC2)C1. The summed E-state index contributed by atoms with van der Waals surface area (Å²) in [6, 6.07) is 2.25. The van der Waals surface area contributed by atoms with E-state index in [2.05, 4.69) is 15.3 Å². The third-order valence-electron chi connectivity index (χ3n) is 5.09. The Bertz CT molecular complexity index is 591. The van der Waals surface area contributed by atoms with Crippen LogP contribution in [-0.2, 0) is 6.42 Å². The maximum Gasteiger partial charge on any atom is 0.229 e. The number of nitrogens with zero attached hydrogens (tertiary/aromatic N) is 3. The maximum absolute atomic E-state index is 5.94. The van der Waals surface area contributed by atoms with E-state index in [1.807, 2.05) is 6.07 Å². The van der Waals surface area contributed by atoms with E-state index < -0.39 is 0 Å². The van der Waals surface area contributed by atoms with Gasteiger partial charge in [0.15, 0.2) is 5.82 Å². The highest BCUT2D eigenvalue weighted by molar-refractivity contribution is 5.06. The lowest BCUT2D eigenvalue weighted by molar-refractivity contribution is 0.0443. The third kappa shape index (κ3) is 2.48. The molecule has 2 heterocycles. The Hall–Kier alpha value is -1.69. The molecule has 21 heavy (non-hydrogen) atoms. The van der Waals surface area contributed by atoms with Gasteiger partial charge in [-0.05, 0) is 43.9 Å². The van der Waals surface area contributed by atoms with Crippen LogP contribution in [0.3, 0.4) is 0 Å². The Morgan fingerprint density at radius 2 is 2.05 bits per heavy atom. The van der Waals surface area contributed by atoms with E-state index in [1.54, 1.807) is 6.20 Å². The number of hydrogen-bond donors (Lipinski definition) is 1. The van der Waals surface area contributed by atoms with Crippen molar-refractivity contribution in [3.63, 3.8) is 0 Å². The highest BCUT2D eigenvalue weighted by Gasteiger charge is 2.45. The van der Waals surface area contributed by atoms with Crippen LogP contribution in [0.4, 0.5) is 0 Å². The highest BCUT2D eigenvalue weighted by atomic mass is 16.5. The molecule has 0 aromatic carbocycles. The molecule has 2 aliphatic rings. The average Bonchev–Trinajstić information content (AvgIpc) is 3.10. The molecule has 6 nitrogen and oxygen atoms in total. The fourth-order valence-corrected chi connectivity index (χ4v) is 3.93. The summed E-state index contributed by atoms with van der Waals surface area (Å²) in [6.45, 7) is 0. The van der Waals surface area contributed by atoms with Gasteiger partial charge in [0.1, 0.15) is 5.76 Å². The lowest BCUT2D eigenvalue weighted by atomic mass is 9.57. The minimum Gasteiger partial charge on any atom is -0.361 e. The molecular formula is C15H20N4O2. The van der Waals surface area contributed by atoms with Gasteiger partial charge in [-0.15, -0.1) is 0 Å². The minimum atomic E-state index is 0.406. The van der Waals surface area contributed by atoms with Gasteiger partial charge < -0.3 is 14.8 Å². The zero-order valence-corrected chi connectivity index (χ0v) is 12.0. The van der Waals surface area contributed by atoms with E-state index >= 15 is 0 Å². The summed E-state index contributed by atoms with van der Waals surface area (Å²) in [5.41, 5.74) is 6.47. The van der Waals surface area contributed by atoms with Crippen molar-refractivity contribution in [3.05, 3.63) is 29.7 Å². The third-order valence-corrected chi connectivity index (χ3v) is 5.09. The van der Waals surface area contributed by atoms with Crippen LogP contribution in [0.25, 0.3) is 0 Å². The number of nitrogens with two attached hydrogens (primary N) is 1. The molecule has 4 rings (SSSR count). The molecule has 2 aliphatic carbocycles. The van der Waals surface area contributed by atoms with Crippen molar-refractivity contribution in [1.82, 2.24) is 15.3 Å². The molecule has 0 aliphatic heterocycles. The van der Waals surface area contributed by atoms with Gasteiger partial charge in [0.2, 0.25) is 5.89 Å². The summed E-state index contributed by atoms with van der Waals surface area (Å²) in [5.74, 6) is 2.62. The molecule has 0 unspecified atom stereocenters. The maximum atomic E-state index is 5.94. The Morgan fingerprint density at radius 1 is 1.24 bits per heavy atom. The molecule has 2 N–H and O–H groups in total. The number of rotatable bonds is 3. The molecule has 1 spiro atoms. The van der Waals surface area contributed by atoms with Crippen LogP contribution in [0.1, 0.15) is 61.9 Å². The summed E-state index contributed by atoms with van der Waals surface area (Å²) in [5, 5.41) is 7.74. The van der Waals surface area contributed by atoms with Crippen molar-refractivity contribution < 1.29 is 9.05 Å². The first-order valence-electron chi connectivity index (χ1n) is 7.70. The van der Waals surface area contributed by atoms with Crippen molar-refractivity contribution in [2.24, 2.45) is 11.1 Å². The highest BCUT2D eigenvalue weighted by Crippen LogP contribution is 2.53. The number of aromatic nitrogens is 3. The topological polar surface area (TPSA) is 91.0 Å². The predicted octanol–water partition coefficient (Wildman–Crippen LogP) is 2.41. The summed E-state index contributed by atoms with van der Waals surface area (Å²) in [4.78, 5) is 4.53. The molecule has 2 aromatic rings. The van der Waals surface area contributed by atoms with Gasteiger partial charge in [0, 0.05) is 18.0 Å². The van der Waals surface area contributed by atoms with Crippen molar-refractivity contribution in [1.29, 1.82) is 0 Å². The second-order valence-corrected chi connectivity index (χ2v) is 6.65. The first kappa shape index (κ1) is 13.0. The van der Waals surface area contributed by atoms with Crippen LogP contribution in [0.2, 0.25) is 0 Å². The molecule has 2 aromatic heterocycles. The van der Waals surface area contributed by atoms with Crippen LogP contribution in [0, 0.1) is 5.41 Å². The van der Waals surface area contributed by atoms with Gasteiger partial charge in [0.05, 0.1) is 12.6 Å². The van der Waals surface area contributed by atoms with Crippen LogP contribution < -0.4 is 5.73 Å². The standard InChI is InChI=1S/C15H20N4O2/c16-11-8-15(9-11)4-1-10(2-5-15)14-18-13(19-21-14)7-12-3-6-17-20-12/h3,6,10-11H,1-2,4-5,7-9,16H2. The van der Waals surface area contributed by atoms with Crippen LogP contribution in [0.5, 0.6) is 0 Å². The molecule has 112 valence electrons. The first-order chi connectivity index (χ1) is 10.2. The molecule has 0 saturated heterocycles. The lowest BCUT2D eigenvalue weighted by Gasteiger charge is -2.50. The Kier molecular flexibility index (Phi) is 3.06. The monoisotopic (exact) mass is 288 g/mol. The summed E-state index contributed by atoms with van der Waals surface area (Å²) in [7, 11) is 0. The van der Waals surface area contributed by atoms with Crippen molar-refractivity contribution >= 4 is 0 Å². The number of hydrogen-bond acceptors (Lipinski definition) is 6. The van der Waals surface area contributed by atoms with E-state index in [9.17, 15) is 0 Å². The Labute approximate surface area is 123 Å². The van der Waals surface area contributed by atoms with E-state index in [4.69, 9.17) is 14.8 Å². The van der Waals surface area contributed by atoms with Gasteiger partial charge in [-0.2, -0.15) is 4.98 Å². The van der Waals surface area contributed by atoms with Crippen LogP contribution >= 0.6 is 0 Å². The van der Waals surface area contributed by atoms with E-state index in [-0.39, 0.29) is 0 Å². The summed E-state index contributed by atoms with van der Waals surface area (Å²) in [6.07, 6.45) is 9.31. The van der Waals surface area contributed by atoms with Crippen molar-refractivity contribution in [2.75, 3.05) is 0 Å². The molecular weight excluding hydrogens is 268 g/mol. The lowest BCUT2D eigenvalue weighted by Crippen LogP contribution is -2.47. The second-order valence-electron chi connectivity index (χ2n) is 6.65. The average molecular weight is 288 g/mol. The smallest absolute Gasteiger partial charge is 0.229 e. The first-order valence-corrected chi connectivity index (χ1v) is 7.70. The normalized spacial score (nSPS) is 32.2. The summed E-state index contributed by atoms with van der Waals surface area (Å²) < 4.78 is 10.5. The fourth-order valence-electron chi connectivity index (χ4n) is 3.93. The molecule has 6 heteroatoms. The molecule has 0 atom stereocenters.